The van der Waals surface area contributed by atoms with Crippen LogP contribution in [-0.2, 0) is 4.79 Å². The van der Waals surface area contributed by atoms with Crippen molar-refractivity contribution in [2.24, 2.45) is 0 Å². The van der Waals surface area contributed by atoms with Crippen LogP contribution in [0.4, 0.5) is 0 Å². The Morgan fingerprint density at radius 1 is 1.67 bits per heavy atom. The van der Waals surface area contributed by atoms with Crippen LogP contribution in [-0.4, -0.2) is 15.9 Å². The molecule has 0 unspecified atom stereocenters. The van der Waals surface area contributed by atoms with Crippen LogP contribution < -0.4 is 4.72 Å². The molecule has 0 atom stereocenters. The third kappa shape index (κ3) is 2.87. The van der Waals surface area contributed by atoms with E-state index in [-0.39, 0.29) is 5.91 Å². The summed E-state index contributed by atoms with van der Waals surface area (Å²) in [5, 5.41) is 0.560. The van der Waals surface area contributed by atoms with Crippen LogP contribution in [0.1, 0.15) is 12.6 Å². The van der Waals surface area contributed by atoms with Gasteiger partial charge in [-0.2, -0.15) is 0 Å². The molecule has 1 aromatic rings. The molecule has 0 fully saturated rings. The van der Waals surface area contributed by atoms with Gasteiger partial charge in [0.2, 0.25) is 11.1 Å². The Hall–Kier alpha value is -1.10. The monoisotopic (exact) mass is 183 g/mol. The number of nitrogens with zero attached hydrogens (tertiary/aromatic N) is 2. The zero-order valence-corrected chi connectivity index (χ0v) is 7.68. The number of carbonyl (C=O) groups is 1. The third-order valence-corrected chi connectivity index (χ3v) is 1.83. The number of hydrogen-bond acceptors (Lipinski definition) is 4. The van der Waals surface area contributed by atoms with E-state index in [9.17, 15) is 4.79 Å². The first-order valence-electron chi connectivity index (χ1n) is 3.41. The number of nitrogens with one attached hydrogen (secondary N) is 1. The fourth-order valence-electron chi connectivity index (χ4n) is 0.593. The number of carbonyl (C=O) groups excluding carboxylic acids is 1. The molecule has 0 aliphatic carbocycles. The minimum absolute atomic E-state index is 0.106. The normalized spacial score (nSPS) is 9.50. The van der Waals surface area contributed by atoms with Gasteiger partial charge < -0.3 is 0 Å². The summed E-state index contributed by atoms with van der Waals surface area (Å²) in [6.45, 7) is 3.32. The molecule has 0 saturated carbocycles. The molecule has 0 saturated heterocycles. The first-order valence-corrected chi connectivity index (χ1v) is 4.23. The standard InChI is InChI=1S/C7H9N3OS/c1-5-3-4-8-7(9-5)12-10-6(2)11/h3-4H,1-2H3,(H,10,11). The summed E-state index contributed by atoms with van der Waals surface area (Å²) >= 11 is 1.12. The molecule has 1 rings (SSSR count). The van der Waals surface area contributed by atoms with Gasteiger partial charge in [-0.05, 0) is 13.0 Å². The zero-order valence-electron chi connectivity index (χ0n) is 6.87. The second-order valence-corrected chi connectivity index (χ2v) is 3.01. The Morgan fingerprint density at radius 2 is 2.42 bits per heavy atom. The summed E-state index contributed by atoms with van der Waals surface area (Å²) in [6, 6.07) is 1.80. The number of aryl methyl sites for hydroxylation is 1. The minimum atomic E-state index is -0.106. The lowest BCUT2D eigenvalue weighted by atomic mass is 10.5. The van der Waals surface area contributed by atoms with Gasteiger partial charge in [0, 0.05) is 30.8 Å². The van der Waals surface area contributed by atoms with Crippen LogP contribution in [0.3, 0.4) is 0 Å². The first kappa shape index (κ1) is 8.99. The number of hydrogen-bond donors (Lipinski definition) is 1. The Balaban J connectivity index is 2.57. The second kappa shape index (κ2) is 4.06. The van der Waals surface area contributed by atoms with Crippen molar-refractivity contribution in [2.45, 2.75) is 19.0 Å². The predicted octanol–water partition coefficient (Wildman–Crippen LogP) is 0.928. The molecule has 0 aromatic carbocycles. The van der Waals surface area contributed by atoms with Crippen LogP contribution in [0.5, 0.6) is 0 Å². The summed E-state index contributed by atoms with van der Waals surface area (Å²) < 4.78 is 2.54. The highest BCUT2D eigenvalue weighted by Gasteiger charge is 1.97. The first-order chi connectivity index (χ1) is 5.68. The highest BCUT2D eigenvalue weighted by Crippen LogP contribution is 2.06. The summed E-state index contributed by atoms with van der Waals surface area (Å²) in [5.41, 5.74) is 0.887. The van der Waals surface area contributed by atoms with Gasteiger partial charge in [0.1, 0.15) is 0 Å². The summed E-state index contributed by atoms with van der Waals surface area (Å²) in [5.74, 6) is -0.106. The lowest BCUT2D eigenvalue weighted by molar-refractivity contribution is -0.117. The molecule has 12 heavy (non-hydrogen) atoms. The van der Waals surface area contributed by atoms with Crippen molar-refractivity contribution in [3.63, 3.8) is 0 Å². The van der Waals surface area contributed by atoms with Crippen molar-refractivity contribution in [3.05, 3.63) is 18.0 Å². The van der Waals surface area contributed by atoms with Gasteiger partial charge in [-0.1, -0.05) is 0 Å². The van der Waals surface area contributed by atoms with Crippen LogP contribution in [0.2, 0.25) is 0 Å². The minimum Gasteiger partial charge on any atom is -0.294 e. The summed E-state index contributed by atoms with van der Waals surface area (Å²) in [4.78, 5) is 18.5. The van der Waals surface area contributed by atoms with E-state index in [0.717, 1.165) is 17.6 Å². The molecular weight excluding hydrogens is 174 g/mol. The van der Waals surface area contributed by atoms with Crippen LogP contribution in [0, 0.1) is 6.92 Å². The molecule has 5 heteroatoms. The van der Waals surface area contributed by atoms with Crippen LogP contribution >= 0.6 is 11.9 Å². The van der Waals surface area contributed by atoms with E-state index in [1.807, 2.05) is 6.92 Å². The summed E-state index contributed by atoms with van der Waals surface area (Å²) in [6.07, 6.45) is 1.66. The summed E-state index contributed by atoms with van der Waals surface area (Å²) in [7, 11) is 0. The topological polar surface area (TPSA) is 54.9 Å². The number of amides is 1. The Kier molecular flexibility index (Phi) is 3.04. The average Bonchev–Trinajstić information content (AvgIpc) is 2.01. The van der Waals surface area contributed by atoms with E-state index >= 15 is 0 Å². The van der Waals surface area contributed by atoms with Crippen molar-refractivity contribution in [1.29, 1.82) is 0 Å². The largest absolute Gasteiger partial charge is 0.294 e. The van der Waals surface area contributed by atoms with Crippen molar-refractivity contribution < 1.29 is 4.79 Å². The van der Waals surface area contributed by atoms with Crippen molar-refractivity contribution in [2.75, 3.05) is 0 Å². The van der Waals surface area contributed by atoms with Crippen molar-refractivity contribution in [3.8, 4) is 0 Å². The molecule has 64 valence electrons. The van der Waals surface area contributed by atoms with Crippen LogP contribution in [0.25, 0.3) is 0 Å². The molecule has 1 N–H and O–H groups in total. The van der Waals surface area contributed by atoms with Gasteiger partial charge in [-0.15, -0.1) is 0 Å². The lowest BCUT2D eigenvalue weighted by Crippen LogP contribution is -2.10. The van der Waals surface area contributed by atoms with E-state index in [4.69, 9.17) is 0 Å². The second-order valence-electron chi connectivity index (χ2n) is 2.24. The molecule has 0 radical (unpaired) electrons. The Bertz CT molecular complexity index is 290. The molecule has 0 aliphatic heterocycles. The fraction of sp³-hybridized carbons (Fsp3) is 0.286. The van der Waals surface area contributed by atoms with Gasteiger partial charge in [0.25, 0.3) is 0 Å². The Labute approximate surface area is 74.9 Å². The maximum absolute atomic E-state index is 10.5. The van der Waals surface area contributed by atoms with E-state index in [2.05, 4.69) is 14.7 Å². The number of rotatable bonds is 2. The van der Waals surface area contributed by atoms with E-state index < -0.39 is 0 Å². The molecular formula is C7H9N3OS. The van der Waals surface area contributed by atoms with Gasteiger partial charge in [-0.25, -0.2) is 9.97 Å². The van der Waals surface area contributed by atoms with E-state index in [0.29, 0.717) is 5.16 Å². The predicted molar refractivity (Wildman–Crippen MR) is 46.4 cm³/mol. The van der Waals surface area contributed by atoms with Crippen molar-refractivity contribution in [1.82, 2.24) is 14.7 Å². The maximum Gasteiger partial charge on any atom is 0.227 e. The number of aromatic nitrogens is 2. The van der Waals surface area contributed by atoms with E-state index in [1.54, 1.807) is 12.3 Å². The van der Waals surface area contributed by atoms with E-state index in [1.165, 1.54) is 6.92 Å². The molecule has 1 amide bonds. The van der Waals surface area contributed by atoms with Gasteiger partial charge >= 0.3 is 0 Å². The van der Waals surface area contributed by atoms with Gasteiger partial charge in [0.05, 0.1) is 0 Å². The smallest absolute Gasteiger partial charge is 0.227 e. The zero-order chi connectivity index (χ0) is 8.97. The lowest BCUT2D eigenvalue weighted by Gasteiger charge is -1.98. The van der Waals surface area contributed by atoms with Crippen LogP contribution in [0.15, 0.2) is 17.4 Å². The molecule has 1 heterocycles. The van der Waals surface area contributed by atoms with Crippen molar-refractivity contribution >= 4 is 17.9 Å². The van der Waals surface area contributed by atoms with Gasteiger partial charge in [-0.3, -0.25) is 9.52 Å². The molecule has 1 aromatic heterocycles. The molecule has 4 nitrogen and oxygen atoms in total. The fourth-order valence-corrected chi connectivity index (χ4v) is 1.13. The Morgan fingerprint density at radius 3 is 3.00 bits per heavy atom. The highest BCUT2D eigenvalue weighted by atomic mass is 32.2. The quantitative estimate of drug-likeness (QED) is 0.547. The average molecular weight is 183 g/mol. The third-order valence-electron chi connectivity index (χ3n) is 1.06. The SMILES string of the molecule is CC(=O)NSc1nccc(C)n1. The molecule has 0 spiro atoms. The molecule has 0 bridgehead atoms. The highest BCUT2D eigenvalue weighted by molar-refractivity contribution is 7.97. The maximum atomic E-state index is 10.5. The van der Waals surface area contributed by atoms with Gasteiger partial charge in [0.15, 0.2) is 0 Å². The molecule has 0 aliphatic rings.